The largest absolute Gasteiger partial charge is 0.478 e. The van der Waals surface area contributed by atoms with Crippen molar-refractivity contribution in [2.24, 2.45) is 0 Å². The second-order valence-corrected chi connectivity index (χ2v) is 3.08. The molecule has 0 saturated carbocycles. The molecule has 14 heavy (non-hydrogen) atoms. The normalized spacial score (nSPS) is 8.21. The number of rotatable bonds is 5. The number of carboxylic acids is 1. The molecule has 0 atom stereocenters. The maximum atomic E-state index is 10.1. The summed E-state index contributed by atoms with van der Waals surface area (Å²) in [6.07, 6.45) is 3.31. The molecule has 0 fully saturated rings. The lowest BCUT2D eigenvalue weighted by Crippen LogP contribution is -2.06. The number of amides is 1. The fourth-order valence-electron chi connectivity index (χ4n) is 0.497. The number of unbranched alkanes of at least 4 members (excludes halogenated alkanes) is 1. The number of carbonyl (C=O) groups is 2. The van der Waals surface area contributed by atoms with Crippen molar-refractivity contribution < 1.29 is 14.7 Å². The highest BCUT2D eigenvalue weighted by Crippen LogP contribution is 2.03. The highest BCUT2D eigenvalue weighted by molar-refractivity contribution is 5.85. The quantitative estimate of drug-likeness (QED) is 0.542. The minimum Gasteiger partial charge on any atom is -0.478 e. The van der Waals surface area contributed by atoms with E-state index in [9.17, 15) is 9.59 Å². The predicted molar refractivity (Wildman–Crippen MR) is 56.1 cm³/mol. The third kappa shape index (κ3) is 13.3. The van der Waals surface area contributed by atoms with Gasteiger partial charge in [-0.25, -0.2) is 4.79 Å². The van der Waals surface area contributed by atoms with Crippen molar-refractivity contribution in [3.63, 3.8) is 0 Å². The first-order valence-electron chi connectivity index (χ1n) is 4.48. The molecule has 0 heterocycles. The topological polar surface area (TPSA) is 57.6 Å². The molecule has 0 spiro atoms. The predicted octanol–water partition coefficient (Wildman–Crippen LogP) is 1.52. The van der Waals surface area contributed by atoms with Crippen LogP contribution in [0.2, 0.25) is 0 Å². The molecule has 0 unspecified atom stereocenters. The van der Waals surface area contributed by atoms with E-state index in [1.165, 1.54) is 4.90 Å². The highest BCUT2D eigenvalue weighted by atomic mass is 16.4. The number of carbonyl (C=O) groups excluding carboxylic acids is 1. The van der Waals surface area contributed by atoms with Crippen molar-refractivity contribution >= 4 is 12.4 Å². The molecule has 82 valence electrons. The van der Waals surface area contributed by atoms with Gasteiger partial charge in [0.15, 0.2) is 0 Å². The van der Waals surface area contributed by atoms with Gasteiger partial charge in [0, 0.05) is 19.7 Å². The molecule has 0 saturated heterocycles. The zero-order chi connectivity index (χ0) is 11.6. The van der Waals surface area contributed by atoms with Gasteiger partial charge >= 0.3 is 5.97 Å². The molecule has 0 aliphatic heterocycles. The highest BCUT2D eigenvalue weighted by Gasteiger charge is 2.00. The van der Waals surface area contributed by atoms with Gasteiger partial charge in [-0.1, -0.05) is 19.9 Å². The van der Waals surface area contributed by atoms with E-state index >= 15 is 0 Å². The van der Waals surface area contributed by atoms with Crippen LogP contribution in [0.15, 0.2) is 12.2 Å². The first-order valence-corrected chi connectivity index (χ1v) is 4.48. The summed E-state index contributed by atoms with van der Waals surface area (Å²) in [4.78, 5) is 21.0. The summed E-state index contributed by atoms with van der Waals surface area (Å²) >= 11 is 0. The van der Waals surface area contributed by atoms with Crippen molar-refractivity contribution in [3.8, 4) is 0 Å². The van der Waals surface area contributed by atoms with Crippen molar-refractivity contribution in [2.75, 3.05) is 14.1 Å². The van der Waals surface area contributed by atoms with E-state index in [1.807, 2.05) is 6.92 Å². The average Bonchev–Trinajstić information content (AvgIpc) is 2.14. The van der Waals surface area contributed by atoms with Gasteiger partial charge in [0.25, 0.3) is 0 Å². The van der Waals surface area contributed by atoms with E-state index in [4.69, 9.17) is 5.11 Å². The molecule has 0 bridgehead atoms. The standard InChI is InChI=1S/C7H12O2.C3H7NO/c1-3-4-5-6(2)7(8)9;1-4(2)3-5/h2-5H2,1H3,(H,8,9);3H,1-2H3. The molecule has 0 aromatic carbocycles. The Kier molecular flexibility index (Phi) is 10.6. The van der Waals surface area contributed by atoms with E-state index in [0.717, 1.165) is 19.3 Å². The van der Waals surface area contributed by atoms with Crippen LogP contribution in [0.1, 0.15) is 26.2 Å². The number of carboxylic acid groups (broad SMARTS) is 1. The summed E-state index contributed by atoms with van der Waals surface area (Å²) in [6, 6.07) is 0. The molecule has 0 radical (unpaired) electrons. The lowest BCUT2D eigenvalue weighted by atomic mass is 10.1. The maximum absolute atomic E-state index is 10.1. The Labute approximate surface area is 85.2 Å². The Morgan fingerprint density at radius 3 is 2.14 bits per heavy atom. The number of hydrogen-bond donors (Lipinski definition) is 1. The number of nitrogens with zero attached hydrogens (tertiary/aromatic N) is 1. The molecule has 1 amide bonds. The second-order valence-electron chi connectivity index (χ2n) is 3.08. The van der Waals surface area contributed by atoms with Crippen molar-refractivity contribution in [3.05, 3.63) is 12.2 Å². The van der Waals surface area contributed by atoms with Gasteiger partial charge in [0.2, 0.25) is 6.41 Å². The van der Waals surface area contributed by atoms with Crippen LogP contribution in [0, 0.1) is 0 Å². The summed E-state index contributed by atoms with van der Waals surface area (Å²) in [5.41, 5.74) is 0.317. The molecular weight excluding hydrogens is 182 g/mol. The van der Waals surface area contributed by atoms with Crippen LogP contribution in [0.25, 0.3) is 0 Å². The third-order valence-corrected chi connectivity index (χ3v) is 1.35. The Hall–Kier alpha value is -1.32. The van der Waals surface area contributed by atoms with Gasteiger partial charge in [-0.3, -0.25) is 4.79 Å². The first kappa shape index (κ1) is 15.2. The van der Waals surface area contributed by atoms with E-state index in [2.05, 4.69) is 6.58 Å². The van der Waals surface area contributed by atoms with Crippen molar-refractivity contribution in [2.45, 2.75) is 26.2 Å². The molecule has 1 N–H and O–H groups in total. The summed E-state index contributed by atoms with van der Waals surface area (Å²) in [7, 11) is 3.38. The van der Waals surface area contributed by atoms with Gasteiger partial charge in [-0.05, 0) is 12.8 Å². The summed E-state index contributed by atoms with van der Waals surface area (Å²) in [6.45, 7) is 5.42. The first-order chi connectivity index (χ1) is 6.45. The van der Waals surface area contributed by atoms with Crippen LogP contribution in [0.4, 0.5) is 0 Å². The van der Waals surface area contributed by atoms with Crippen LogP contribution in [0.5, 0.6) is 0 Å². The molecule has 0 rings (SSSR count). The van der Waals surface area contributed by atoms with Crippen molar-refractivity contribution in [1.82, 2.24) is 4.90 Å². The smallest absolute Gasteiger partial charge is 0.330 e. The van der Waals surface area contributed by atoms with Gasteiger partial charge in [-0.2, -0.15) is 0 Å². The lowest BCUT2D eigenvalue weighted by Gasteiger charge is -1.95. The summed E-state index contributed by atoms with van der Waals surface area (Å²) < 4.78 is 0. The zero-order valence-electron chi connectivity index (χ0n) is 9.12. The summed E-state index contributed by atoms with van der Waals surface area (Å²) in [5, 5.41) is 8.31. The van der Waals surface area contributed by atoms with E-state index in [1.54, 1.807) is 14.1 Å². The van der Waals surface area contributed by atoms with Crippen LogP contribution < -0.4 is 0 Å². The molecule has 4 nitrogen and oxygen atoms in total. The minimum atomic E-state index is -0.872. The van der Waals surface area contributed by atoms with Gasteiger partial charge in [0.1, 0.15) is 0 Å². The Morgan fingerprint density at radius 1 is 1.50 bits per heavy atom. The van der Waals surface area contributed by atoms with Crippen LogP contribution >= 0.6 is 0 Å². The van der Waals surface area contributed by atoms with E-state index < -0.39 is 5.97 Å². The zero-order valence-corrected chi connectivity index (χ0v) is 9.12. The Morgan fingerprint density at radius 2 is 1.93 bits per heavy atom. The molecule has 0 aromatic rings. The van der Waals surface area contributed by atoms with E-state index in [0.29, 0.717) is 12.0 Å². The summed E-state index contributed by atoms with van der Waals surface area (Å²) in [5.74, 6) is -0.872. The fraction of sp³-hybridized carbons (Fsp3) is 0.600. The lowest BCUT2D eigenvalue weighted by molar-refractivity contribution is -0.132. The minimum absolute atomic E-state index is 0.317. The van der Waals surface area contributed by atoms with Gasteiger partial charge in [0.05, 0.1) is 0 Å². The third-order valence-electron chi connectivity index (χ3n) is 1.35. The van der Waals surface area contributed by atoms with Crippen LogP contribution in [0.3, 0.4) is 0 Å². The Balaban J connectivity index is 0. The SMILES string of the molecule is C=C(CCCC)C(=O)O.CN(C)C=O. The van der Waals surface area contributed by atoms with Crippen molar-refractivity contribution in [1.29, 1.82) is 0 Å². The maximum Gasteiger partial charge on any atom is 0.330 e. The second kappa shape index (κ2) is 9.77. The van der Waals surface area contributed by atoms with Crippen LogP contribution in [-0.2, 0) is 9.59 Å². The molecule has 4 heteroatoms. The molecule has 0 aromatic heterocycles. The van der Waals surface area contributed by atoms with Gasteiger partial charge < -0.3 is 10.0 Å². The number of hydrogen-bond acceptors (Lipinski definition) is 2. The van der Waals surface area contributed by atoms with E-state index in [-0.39, 0.29) is 0 Å². The fourth-order valence-corrected chi connectivity index (χ4v) is 0.497. The average molecular weight is 201 g/mol. The monoisotopic (exact) mass is 201 g/mol. The molecule has 0 aliphatic carbocycles. The Bertz CT molecular complexity index is 188. The van der Waals surface area contributed by atoms with Gasteiger partial charge in [-0.15, -0.1) is 0 Å². The number of aliphatic carboxylic acids is 1. The molecule has 0 aliphatic rings. The molecular formula is C10H19NO3. The van der Waals surface area contributed by atoms with Crippen LogP contribution in [-0.4, -0.2) is 36.5 Å².